The number of amides is 1. The fraction of sp³-hybridized carbons (Fsp3) is 0.353. The molecule has 2 heterocycles. The largest absolute Gasteiger partial charge is 0.441 e. The number of aryl methyl sites for hydroxylation is 2. The van der Waals surface area contributed by atoms with E-state index >= 15 is 0 Å². The van der Waals surface area contributed by atoms with Gasteiger partial charge in [0.15, 0.2) is 11.5 Å². The van der Waals surface area contributed by atoms with Crippen molar-refractivity contribution in [3.8, 4) is 0 Å². The number of carbonyl (C=O) groups excluding carboxylic acids is 1. The van der Waals surface area contributed by atoms with Gasteiger partial charge in [0.25, 0.3) is 0 Å². The molecule has 0 saturated heterocycles. The molecule has 0 aliphatic heterocycles. The van der Waals surface area contributed by atoms with Crippen LogP contribution in [0.5, 0.6) is 0 Å². The number of hydrogen-bond acceptors (Lipinski definition) is 5. The van der Waals surface area contributed by atoms with Crippen LogP contribution in [0.2, 0.25) is 0 Å². The van der Waals surface area contributed by atoms with Gasteiger partial charge in [0.1, 0.15) is 11.3 Å². The van der Waals surface area contributed by atoms with Gasteiger partial charge in [0.05, 0.1) is 5.69 Å². The lowest BCUT2D eigenvalue weighted by Crippen LogP contribution is -2.26. The zero-order valence-electron chi connectivity index (χ0n) is 13.3. The van der Waals surface area contributed by atoms with Gasteiger partial charge >= 0.3 is 0 Å². The van der Waals surface area contributed by atoms with E-state index < -0.39 is 0 Å². The van der Waals surface area contributed by atoms with Crippen LogP contribution < -0.4 is 5.32 Å². The molecule has 6 nitrogen and oxygen atoms in total. The molecule has 2 aromatic heterocycles. The molecule has 0 radical (unpaired) electrons. The van der Waals surface area contributed by atoms with Crippen LogP contribution in [-0.4, -0.2) is 22.6 Å². The molecule has 0 fully saturated rings. The molecule has 1 amide bonds. The number of oxazole rings is 1. The van der Waals surface area contributed by atoms with Crippen LogP contribution in [0.15, 0.2) is 33.2 Å². The first-order valence-corrected chi connectivity index (χ1v) is 7.66. The summed E-state index contributed by atoms with van der Waals surface area (Å²) in [6.07, 6.45) is 1.62. The fourth-order valence-electron chi connectivity index (χ4n) is 2.52. The molecule has 0 saturated carbocycles. The Morgan fingerprint density at radius 2 is 2.04 bits per heavy atom. The smallest absolute Gasteiger partial charge is 0.220 e. The Labute approximate surface area is 133 Å². The molecule has 0 atom stereocenters. The van der Waals surface area contributed by atoms with Gasteiger partial charge in [-0.1, -0.05) is 17.3 Å². The van der Waals surface area contributed by atoms with Crippen LogP contribution in [0.25, 0.3) is 11.1 Å². The highest BCUT2D eigenvalue weighted by Crippen LogP contribution is 2.15. The van der Waals surface area contributed by atoms with Crippen molar-refractivity contribution >= 4 is 17.0 Å². The lowest BCUT2D eigenvalue weighted by Gasteiger charge is -2.03. The molecule has 0 bridgehead atoms. The minimum atomic E-state index is 0.00103. The quantitative estimate of drug-likeness (QED) is 0.756. The van der Waals surface area contributed by atoms with Crippen LogP contribution in [0.4, 0.5) is 0 Å². The maximum atomic E-state index is 11.9. The summed E-state index contributed by atoms with van der Waals surface area (Å²) in [7, 11) is 0. The van der Waals surface area contributed by atoms with Crippen molar-refractivity contribution in [3.63, 3.8) is 0 Å². The zero-order chi connectivity index (χ0) is 16.2. The molecule has 23 heavy (non-hydrogen) atoms. The van der Waals surface area contributed by atoms with Gasteiger partial charge in [0, 0.05) is 24.9 Å². The lowest BCUT2D eigenvalue weighted by molar-refractivity contribution is -0.121. The predicted octanol–water partition coefficient (Wildman–Crippen LogP) is 2.72. The minimum Gasteiger partial charge on any atom is -0.441 e. The van der Waals surface area contributed by atoms with Crippen LogP contribution in [0.1, 0.15) is 29.3 Å². The van der Waals surface area contributed by atoms with Crippen molar-refractivity contribution in [1.29, 1.82) is 0 Å². The van der Waals surface area contributed by atoms with E-state index in [-0.39, 0.29) is 5.91 Å². The first-order chi connectivity index (χ1) is 11.1. The van der Waals surface area contributed by atoms with Crippen molar-refractivity contribution in [1.82, 2.24) is 15.5 Å². The molecule has 1 aromatic carbocycles. The Hall–Kier alpha value is -2.63. The normalized spacial score (nSPS) is 11.0. The Bertz CT molecular complexity index is 767. The van der Waals surface area contributed by atoms with Gasteiger partial charge in [0.2, 0.25) is 5.91 Å². The third-order valence-electron chi connectivity index (χ3n) is 3.78. The van der Waals surface area contributed by atoms with Crippen LogP contribution in [-0.2, 0) is 17.6 Å². The fourth-order valence-corrected chi connectivity index (χ4v) is 2.52. The third kappa shape index (κ3) is 3.59. The summed E-state index contributed by atoms with van der Waals surface area (Å²) >= 11 is 0. The topological polar surface area (TPSA) is 81.2 Å². The summed E-state index contributed by atoms with van der Waals surface area (Å²) in [4.78, 5) is 16.3. The molecule has 0 spiro atoms. The Balaban J connectivity index is 1.46. The number of carbonyl (C=O) groups is 1. The Morgan fingerprint density at radius 3 is 2.78 bits per heavy atom. The van der Waals surface area contributed by atoms with E-state index in [1.165, 1.54) is 0 Å². The molecular weight excluding hydrogens is 294 g/mol. The summed E-state index contributed by atoms with van der Waals surface area (Å²) in [6, 6.07) is 7.62. The number of fused-ring (bicyclic) bond motifs is 1. The molecule has 3 rings (SSSR count). The van der Waals surface area contributed by atoms with Crippen LogP contribution >= 0.6 is 0 Å². The van der Waals surface area contributed by atoms with Gasteiger partial charge in [-0.2, -0.15) is 0 Å². The zero-order valence-corrected chi connectivity index (χ0v) is 13.3. The highest BCUT2D eigenvalue weighted by Gasteiger charge is 2.11. The number of aromatic nitrogens is 2. The number of benzene rings is 1. The Morgan fingerprint density at radius 1 is 1.22 bits per heavy atom. The van der Waals surface area contributed by atoms with Crippen molar-refractivity contribution in [2.24, 2.45) is 0 Å². The summed E-state index contributed by atoms with van der Waals surface area (Å²) in [6.45, 7) is 4.25. The van der Waals surface area contributed by atoms with E-state index in [0.29, 0.717) is 31.7 Å². The summed E-state index contributed by atoms with van der Waals surface area (Å²) in [5.74, 6) is 1.42. The molecule has 120 valence electrons. The second-order valence-electron chi connectivity index (χ2n) is 5.48. The van der Waals surface area contributed by atoms with Crippen molar-refractivity contribution in [2.45, 2.75) is 33.1 Å². The monoisotopic (exact) mass is 313 g/mol. The number of hydrogen-bond donors (Lipinski definition) is 1. The molecule has 3 aromatic rings. The van der Waals surface area contributed by atoms with E-state index in [0.717, 1.165) is 28.1 Å². The first-order valence-electron chi connectivity index (χ1n) is 7.66. The van der Waals surface area contributed by atoms with Crippen LogP contribution in [0, 0.1) is 13.8 Å². The van der Waals surface area contributed by atoms with Crippen molar-refractivity contribution in [2.75, 3.05) is 6.54 Å². The van der Waals surface area contributed by atoms with E-state index in [1.54, 1.807) is 0 Å². The van der Waals surface area contributed by atoms with Gasteiger partial charge in [-0.05, 0) is 32.4 Å². The summed E-state index contributed by atoms with van der Waals surface area (Å²) in [5, 5.41) is 6.78. The van der Waals surface area contributed by atoms with E-state index in [4.69, 9.17) is 8.94 Å². The maximum Gasteiger partial charge on any atom is 0.220 e. The highest BCUT2D eigenvalue weighted by atomic mass is 16.5. The first kappa shape index (κ1) is 15.3. The maximum absolute atomic E-state index is 11.9. The Kier molecular flexibility index (Phi) is 4.41. The van der Waals surface area contributed by atoms with E-state index in [2.05, 4.69) is 15.5 Å². The molecule has 0 unspecified atom stereocenters. The van der Waals surface area contributed by atoms with Crippen molar-refractivity contribution in [3.05, 3.63) is 47.2 Å². The van der Waals surface area contributed by atoms with Gasteiger partial charge in [-0.3, -0.25) is 4.79 Å². The lowest BCUT2D eigenvalue weighted by atomic mass is 10.1. The molecule has 0 aliphatic carbocycles. The number of rotatable bonds is 6. The second-order valence-corrected chi connectivity index (χ2v) is 5.48. The van der Waals surface area contributed by atoms with Gasteiger partial charge in [-0.25, -0.2) is 4.98 Å². The van der Waals surface area contributed by atoms with E-state index in [1.807, 2.05) is 38.1 Å². The number of nitrogens with one attached hydrogen (secondary N) is 1. The standard InChI is InChI=1S/C17H19N3O3/c1-11-13(12(2)23-20-11)7-8-16(21)18-10-9-17-19-14-5-3-4-6-15(14)22-17/h3-6H,7-10H2,1-2H3,(H,18,21). The number of nitrogens with zero attached hydrogens (tertiary/aromatic N) is 2. The molecular formula is C17H19N3O3. The average Bonchev–Trinajstić information content (AvgIpc) is 3.08. The summed E-state index contributed by atoms with van der Waals surface area (Å²) < 4.78 is 10.7. The second kappa shape index (κ2) is 6.64. The molecule has 6 heteroatoms. The predicted molar refractivity (Wildman–Crippen MR) is 85.0 cm³/mol. The number of para-hydroxylation sites is 2. The SMILES string of the molecule is Cc1noc(C)c1CCC(=O)NCCc1nc2ccccc2o1. The minimum absolute atomic E-state index is 0.00103. The van der Waals surface area contributed by atoms with Crippen molar-refractivity contribution < 1.29 is 13.7 Å². The van der Waals surface area contributed by atoms with Gasteiger partial charge < -0.3 is 14.3 Å². The third-order valence-corrected chi connectivity index (χ3v) is 3.78. The highest BCUT2D eigenvalue weighted by molar-refractivity contribution is 5.76. The molecule has 1 N–H and O–H groups in total. The van der Waals surface area contributed by atoms with Crippen LogP contribution in [0.3, 0.4) is 0 Å². The van der Waals surface area contributed by atoms with Gasteiger partial charge in [-0.15, -0.1) is 0 Å². The average molecular weight is 313 g/mol. The summed E-state index contributed by atoms with van der Waals surface area (Å²) in [5.41, 5.74) is 3.47. The molecule has 0 aliphatic rings. The van der Waals surface area contributed by atoms with E-state index in [9.17, 15) is 4.79 Å².